The Morgan fingerprint density at radius 2 is 2.29 bits per heavy atom. The van der Waals surface area contributed by atoms with Crippen molar-refractivity contribution in [3.8, 4) is 0 Å². The van der Waals surface area contributed by atoms with Gasteiger partial charge in [-0.25, -0.2) is 4.98 Å². The summed E-state index contributed by atoms with van der Waals surface area (Å²) in [5, 5.41) is 10.4. The van der Waals surface area contributed by atoms with Crippen LogP contribution < -0.4 is 0 Å². The number of amides is 1. The maximum Gasteiger partial charge on any atom is 0.233 e. The van der Waals surface area contributed by atoms with Crippen LogP contribution in [0.4, 0.5) is 0 Å². The van der Waals surface area contributed by atoms with Gasteiger partial charge in [0, 0.05) is 19.6 Å². The highest BCUT2D eigenvalue weighted by atomic mass is 32.2. The monoisotopic (exact) mass is 305 g/mol. The van der Waals surface area contributed by atoms with E-state index >= 15 is 0 Å². The number of fused-ring (bicyclic) bond motifs is 1. The Bertz CT molecular complexity index is 655. The van der Waals surface area contributed by atoms with Gasteiger partial charge in [0.2, 0.25) is 5.91 Å². The maximum atomic E-state index is 12.1. The Hall–Kier alpha value is -1.53. The average molecular weight is 305 g/mol. The van der Waals surface area contributed by atoms with Crippen molar-refractivity contribution < 1.29 is 9.90 Å². The van der Waals surface area contributed by atoms with Crippen LogP contribution in [0.25, 0.3) is 11.0 Å². The smallest absolute Gasteiger partial charge is 0.233 e. The molecule has 1 amide bonds. The zero-order chi connectivity index (χ0) is 14.8. The van der Waals surface area contributed by atoms with Gasteiger partial charge in [0.15, 0.2) is 5.16 Å². The molecule has 21 heavy (non-hydrogen) atoms. The van der Waals surface area contributed by atoms with Crippen LogP contribution in [0.3, 0.4) is 0 Å². The molecule has 1 aliphatic rings. The number of carbonyl (C=O) groups is 1. The summed E-state index contributed by atoms with van der Waals surface area (Å²) in [7, 11) is 0. The number of nitrogens with zero attached hydrogens (tertiary/aromatic N) is 3. The first-order valence-electron chi connectivity index (χ1n) is 7.23. The minimum Gasteiger partial charge on any atom is -0.391 e. The Balaban J connectivity index is 1.71. The summed E-state index contributed by atoms with van der Waals surface area (Å²) in [5.74, 6) is 0.446. The standard InChI is InChI=1S/C15H19N3O2S/c1-2-18-13-6-4-3-5-12(13)16-15(18)21-10-14(20)17-8-7-11(19)9-17/h3-6,11,19H,2,7-10H2,1H3/t11-/m1/s1. The summed E-state index contributed by atoms with van der Waals surface area (Å²) >= 11 is 1.47. The van der Waals surface area contributed by atoms with Gasteiger partial charge in [-0.1, -0.05) is 23.9 Å². The number of hydrogen-bond acceptors (Lipinski definition) is 4. The van der Waals surface area contributed by atoms with Gasteiger partial charge >= 0.3 is 0 Å². The number of aryl methyl sites for hydroxylation is 1. The van der Waals surface area contributed by atoms with Crippen LogP contribution in [-0.4, -0.2) is 50.4 Å². The highest BCUT2D eigenvalue weighted by molar-refractivity contribution is 7.99. The normalized spacial score (nSPS) is 18.6. The second kappa shape index (κ2) is 6.07. The lowest BCUT2D eigenvalue weighted by Gasteiger charge is -2.15. The van der Waals surface area contributed by atoms with Crippen molar-refractivity contribution in [3.63, 3.8) is 0 Å². The zero-order valence-electron chi connectivity index (χ0n) is 12.0. The SMILES string of the molecule is CCn1c(SCC(=O)N2CC[C@@H](O)C2)nc2ccccc21. The Kier molecular flexibility index (Phi) is 4.17. The molecular formula is C15H19N3O2S. The fourth-order valence-electron chi connectivity index (χ4n) is 2.66. The van der Waals surface area contributed by atoms with E-state index in [1.54, 1.807) is 4.90 Å². The number of imidazole rings is 1. The van der Waals surface area contributed by atoms with Crippen LogP contribution >= 0.6 is 11.8 Å². The van der Waals surface area contributed by atoms with Gasteiger partial charge in [0.05, 0.1) is 22.9 Å². The molecule has 1 fully saturated rings. The van der Waals surface area contributed by atoms with E-state index in [0.29, 0.717) is 25.3 Å². The summed E-state index contributed by atoms with van der Waals surface area (Å²) in [6, 6.07) is 8.01. The van der Waals surface area contributed by atoms with Crippen LogP contribution in [0.2, 0.25) is 0 Å². The Labute approximate surface area is 128 Å². The topological polar surface area (TPSA) is 58.4 Å². The van der Waals surface area contributed by atoms with Gasteiger partial charge in [0.25, 0.3) is 0 Å². The van der Waals surface area contributed by atoms with Crippen molar-refractivity contribution in [1.82, 2.24) is 14.5 Å². The van der Waals surface area contributed by atoms with Crippen molar-refractivity contribution in [2.45, 2.75) is 31.1 Å². The van der Waals surface area contributed by atoms with E-state index in [4.69, 9.17) is 0 Å². The minimum absolute atomic E-state index is 0.0752. The maximum absolute atomic E-state index is 12.1. The van der Waals surface area contributed by atoms with Crippen LogP contribution in [0.15, 0.2) is 29.4 Å². The molecule has 0 aliphatic carbocycles. The molecular weight excluding hydrogens is 286 g/mol. The third kappa shape index (κ3) is 2.91. The third-order valence-electron chi connectivity index (χ3n) is 3.78. The lowest BCUT2D eigenvalue weighted by molar-refractivity contribution is -0.127. The summed E-state index contributed by atoms with van der Waals surface area (Å²) in [5.41, 5.74) is 2.07. The van der Waals surface area contributed by atoms with Crippen molar-refractivity contribution >= 4 is 28.7 Å². The quantitative estimate of drug-likeness (QED) is 0.874. The van der Waals surface area contributed by atoms with E-state index in [-0.39, 0.29) is 12.0 Å². The summed E-state index contributed by atoms with van der Waals surface area (Å²) in [6.07, 6.45) is 0.323. The van der Waals surface area contributed by atoms with Crippen molar-refractivity contribution in [3.05, 3.63) is 24.3 Å². The molecule has 2 aromatic rings. The number of likely N-dealkylation sites (tertiary alicyclic amines) is 1. The van der Waals surface area contributed by atoms with E-state index in [1.165, 1.54) is 11.8 Å². The van der Waals surface area contributed by atoms with Gasteiger partial charge in [-0.2, -0.15) is 0 Å². The molecule has 5 nitrogen and oxygen atoms in total. The molecule has 0 radical (unpaired) electrons. The molecule has 112 valence electrons. The van der Waals surface area contributed by atoms with Crippen molar-refractivity contribution in [2.24, 2.45) is 0 Å². The van der Waals surface area contributed by atoms with Gasteiger partial charge < -0.3 is 14.6 Å². The highest BCUT2D eigenvalue weighted by Crippen LogP contribution is 2.24. The predicted molar refractivity (Wildman–Crippen MR) is 83.3 cm³/mol. The van der Waals surface area contributed by atoms with E-state index in [2.05, 4.69) is 22.5 Å². The van der Waals surface area contributed by atoms with Gasteiger partial charge in [-0.05, 0) is 25.5 Å². The van der Waals surface area contributed by atoms with Crippen LogP contribution in [0.1, 0.15) is 13.3 Å². The van der Waals surface area contributed by atoms with E-state index in [0.717, 1.165) is 22.7 Å². The number of aliphatic hydroxyl groups excluding tert-OH is 1. The molecule has 1 aromatic carbocycles. The first-order chi connectivity index (χ1) is 10.2. The second-order valence-electron chi connectivity index (χ2n) is 5.20. The first kappa shape index (κ1) is 14.4. The van der Waals surface area contributed by atoms with Crippen LogP contribution in [-0.2, 0) is 11.3 Å². The molecule has 2 heterocycles. The molecule has 0 spiro atoms. The fraction of sp³-hybridized carbons (Fsp3) is 0.467. The number of β-amino-alcohol motifs (C(OH)–C–C–N with tert-alkyl or cyclic N) is 1. The van der Waals surface area contributed by atoms with Gasteiger partial charge in [0.1, 0.15) is 0 Å². The lowest BCUT2D eigenvalue weighted by atomic mass is 10.3. The number of aromatic nitrogens is 2. The highest BCUT2D eigenvalue weighted by Gasteiger charge is 2.24. The minimum atomic E-state index is -0.362. The first-order valence-corrected chi connectivity index (χ1v) is 8.21. The number of benzene rings is 1. The number of para-hydroxylation sites is 2. The van der Waals surface area contributed by atoms with Gasteiger partial charge in [-0.15, -0.1) is 0 Å². The largest absolute Gasteiger partial charge is 0.391 e. The third-order valence-corrected chi connectivity index (χ3v) is 4.74. The number of carbonyl (C=O) groups excluding carboxylic acids is 1. The Morgan fingerprint density at radius 3 is 3.00 bits per heavy atom. The summed E-state index contributed by atoms with van der Waals surface area (Å²) in [4.78, 5) is 18.5. The van der Waals surface area contributed by atoms with E-state index in [1.807, 2.05) is 18.2 Å². The van der Waals surface area contributed by atoms with Crippen molar-refractivity contribution in [2.75, 3.05) is 18.8 Å². The molecule has 3 rings (SSSR count). The lowest BCUT2D eigenvalue weighted by Crippen LogP contribution is -2.31. The molecule has 1 atom stereocenters. The predicted octanol–water partition coefficient (Wildman–Crippen LogP) is 1.74. The second-order valence-corrected chi connectivity index (χ2v) is 6.14. The number of thioether (sulfide) groups is 1. The molecule has 1 aromatic heterocycles. The molecule has 0 saturated carbocycles. The molecule has 0 bridgehead atoms. The molecule has 1 saturated heterocycles. The zero-order valence-corrected chi connectivity index (χ0v) is 12.8. The van der Waals surface area contributed by atoms with Crippen molar-refractivity contribution in [1.29, 1.82) is 0 Å². The number of aliphatic hydroxyl groups is 1. The molecule has 1 N–H and O–H groups in total. The van der Waals surface area contributed by atoms with Crippen LogP contribution in [0.5, 0.6) is 0 Å². The summed E-state index contributed by atoms with van der Waals surface area (Å²) < 4.78 is 2.13. The van der Waals surface area contributed by atoms with E-state index in [9.17, 15) is 9.90 Å². The van der Waals surface area contributed by atoms with E-state index < -0.39 is 0 Å². The van der Waals surface area contributed by atoms with Crippen LogP contribution in [0, 0.1) is 0 Å². The van der Waals surface area contributed by atoms with Gasteiger partial charge in [-0.3, -0.25) is 4.79 Å². The number of hydrogen-bond donors (Lipinski definition) is 1. The molecule has 0 unspecified atom stereocenters. The molecule has 1 aliphatic heterocycles. The Morgan fingerprint density at radius 1 is 1.48 bits per heavy atom. The molecule has 6 heteroatoms. The fourth-order valence-corrected chi connectivity index (χ4v) is 3.64. The number of rotatable bonds is 4. The average Bonchev–Trinajstić information content (AvgIpc) is 3.07. The summed E-state index contributed by atoms with van der Waals surface area (Å²) in [6.45, 7) is 4.03.